The molecule has 132 valence electrons. The van der Waals surface area contributed by atoms with E-state index in [0.717, 1.165) is 0 Å². The number of halogens is 1. The molecule has 0 aromatic heterocycles. The van der Waals surface area contributed by atoms with Gasteiger partial charge in [-0.25, -0.2) is 14.0 Å². The fraction of sp³-hybridized carbons (Fsp3) is 0.500. The number of carbonyl (C=O) groups is 2. The van der Waals surface area contributed by atoms with Gasteiger partial charge < -0.3 is 24.8 Å². The number of aliphatic hydroxyl groups is 1. The number of piperidine rings is 1. The summed E-state index contributed by atoms with van der Waals surface area (Å²) in [5.74, 6) is -1.14. The summed E-state index contributed by atoms with van der Waals surface area (Å²) >= 11 is 0. The van der Waals surface area contributed by atoms with Gasteiger partial charge in [-0.15, -0.1) is 0 Å². The Bertz CT molecular complexity index is 614. The number of nitrogens with one attached hydrogen (secondary N) is 1. The molecule has 0 bridgehead atoms. The molecule has 0 unspecified atom stereocenters. The summed E-state index contributed by atoms with van der Waals surface area (Å²) in [5.41, 5.74) is -1.26. The Balaban J connectivity index is 1.94. The molecule has 1 saturated heterocycles. The summed E-state index contributed by atoms with van der Waals surface area (Å²) in [5, 5.41) is 12.7. The third-order valence-electron chi connectivity index (χ3n) is 3.93. The van der Waals surface area contributed by atoms with Gasteiger partial charge in [0.05, 0.1) is 13.7 Å². The predicted octanol–water partition coefficient (Wildman–Crippen LogP) is 1.76. The van der Waals surface area contributed by atoms with Gasteiger partial charge in [0.25, 0.3) is 0 Å². The number of nitrogens with zero attached hydrogens (tertiary/aromatic N) is 1. The molecule has 0 aliphatic carbocycles. The first-order chi connectivity index (χ1) is 11.4. The summed E-state index contributed by atoms with van der Waals surface area (Å²) in [6, 6.07) is 3.74. The van der Waals surface area contributed by atoms with E-state index in [1.165, 1.54) is 24.1 Å². The summed E-state index contributed by atoms with van der Waals surface area (Å²) < 4.78 is 23.5. The first-order valence-corrected chi connectivity index (χ1v) is 7.68. The van der Waals surface area contributed by atoms with Crippen molar-refractivity contribution in [3.63, 3.8) is 0 Å². The van der Waals surface area contributed by atoms with Crippen LogP contribution in [0.1, 0.15) is 19.8 Å². The monoisotopic (exact) mass is 340 g/mol. The van der Waals surface area contributed by atoms with Gasteiger partial charge in [0.2, 0.25) is 0 Å². The first kappa shape index (κ1) is 18.0. The molecule has 1 aromatic rings. The lowest BCUT2D eigenvalue weighted by molar-refractivity contribution is -0.166. The molecule has 1 heterocycles. The van der Waals surface area contributed by atoms with Crippen LogP contribution in [0, 0.1) is 5.82 Å². The molecule has 1 fully saturated rings. The van der Waals surface area contributed by atoms with Crippen LogP contribution in [0.25, 0.3) is 0 Å². The molecule has 0 saturated carbocycles. The van der Waals surface area contributed by atoms with E-state index in [-0.39, 0.29) is 31.7 Å². The second-order valence-corrected chi connectivity index (χ2v) is 5.52. The van der Waals surface area contributed by atoms with Gasteiger partial charge in [-0.3, -0.25) is 0 Å². The molecular formula is C16H21FN2O5. The van der Waals surface area contributed by atoms with Crippen LogP contribution < -0.4 is 10.1 Å². The second kappa shape index (κ2) is 7.48. The van der Waals surface area contributed by atoms with Gasteiger partial charge in [0, 0.05) is 37.7 Å². The van der Waals surface area contributed by atoms with E-state index in [9.17, 15) is 19.1 Å². The molecule has 0 spiro atoms. The van der Waals surface area contributed by atoms with Crippen molar-refractivity contribution < 1.29 is 28.6 Å². The van der Waals surface area contributed by atoms with Gasteiger partial charge in [-0.05, 0) is 19.1 Å². The molecule has 2 amide bonds. The topological polar surface area (TPSA) is 88.1 Å². The fourth-order valence-electron chi connectivity index (χ4n) is 2.53. The number of benzene rings is 1. The van der Waals surface area contributed by atoms with Crippen LogP contribution >= 0.6 is 0 Å². The maximum absolute atomic E-state index is 13.8. The van der Waals surface area contributed by atoms with E-state index < -0.39 is 23.4 Å². The number of rotatable bonds is 4. The molecule has 0 radical (unpaired) electrons. The third-order valence-corrected chi connectivity index (χ3v) is 3.93. The summed E-state index contributed by atoms with van der Waals surface area (Å²) in [6.07, 6.45) is 0.176. The Morgan fingerprint density at radius 2 is 2.04 bits per heavy atom. The van der Waals surface area contributed by atoms with Crippen LogP contribution in [0.2, 0.25) is 0 Å². The smallest absolute Gasteiger partial charge is 0.337 e. The number of amides is 2. The number of ether oxygens (including phenoxy) is 2. The van der Waals surface area contributed by atoms with Crippen LogP contribution in [0.3, 0.4) is 0 Å². The number of hydrogen-bond acceptors (Lipinski definition) is 5. The highest BCUT2D eigenvalue weighted by Gasteiger charge is 2.41. The summed E-state index contributed by atoms with van der Waals surface area (Å²) in [4.78, 5) is 25.2. The molecular weight excluding hydrogens is 319 g/mol. The minimum atomic E-state index is -1.56. The molecule has 7 nitrogen and oxygen atoms in total. The lowest BCUT2D eigenvalue weighted by atomic mass is 9.92. The van der Waals surface area contributed by atoms with Crippen molar-refractivity contribution in [2.45, 2.75) is 25.4 Å². The maximum atomic E-state index is 13.8. The number of anilines is 1. The van der Waals surface area contributed by atoms with E-state index in [2.05, 4.69) is 10.1 Å². The van der Waals surface area contributed by atoms with Crippen LogP contribution in [-0.2, 0) is 9.53 Å². The highest BCUT2D eigenvalue weighted by atomic mass is 19.1. The zero-order valence-electron chi connectivity index (χ0n) is 13.7. The number of urea groups is 1. The SMILES string of the molecule is CCOc1ccc(NC(=O)N2CCC(O)(C(=O)OC)CC2)cc1F. The molecule has 0 atom stereocenters. The lowest BCUT2D eigenvalue weighted by Crippen LogP contribution is -2.52. The summed E-state index contributed by atoms with van der Waals surface area (Å²) in [7, 11) is 1.21. The van der Waals surface area contributed by atoms with E-state index in [4.69, 9.17) is 4.74 Å². The van der Waals surface area contributed by atoms with Gasteiger partial charge in [0.15, 0.2) is 17.2 Å². The van der Waals surface area contributed by atoms with Crippen molar-refractivity contribution in [1.82, 2.24) is 4.90 Å². The largest absolute Gasteiger partial charge is 0.491 e. The number of hydrogen-bond donors (Lipinski definition) is 2. The molecule has 24 heavy (non-hydrogen) atoms. The van der Waals surface area contributed by atoms with Crippen molar-refractivity contribution in [1.29, 1.82) is 0 Å². The third kappa shape index (κ3) is 3.94. The fourth-order valence-corrected chi connectivity index (χ4v) is 2.53. The Morgan fingerprint density at radius 3 is 2.58 bits per heavy atom. The van der Waals surface area contributed by atoms with Gasteiger partial charge >= 0.3 is 12.0 Å². The lowest BCUT2D eigenvalue weighted by Gasteiger charge is -2.36. The zero-order chi connectivity index (χ0) is 17.7. The van der Waals surface area contributed by atoms with Crippen molar-refractivity contribution >= 4 is 17.7 Å². The number of carbonyl (C=O) groups excluding carboxylic acids is 2. The van der Waals surface area contributed by atoms with Crippen molar-refractivity contribution in [3.05, 3.63) is 24.0 Å². The van der Waals surface area contributed by atoms with E-state index in [1.54, 1.807) is 13.0 Å². The average Bonchev–Trinajstić information content (AvgIpc) is 2.57. The highest BCUT2D eigenvalue weighted by molar-refractivity contribution is 5.89. The van der Waals surface area contributed by atoms with Crippen molar-refractivity contribution in [2.75, 3.05) is 32.1 Å². The Morgan fingerprint density at radius 1 is 1.38 bits per heavy atom. The highest BCUT2D eigenvalue weighted by Crippen LogP contribution is 2.25. The predicted molar refractivity (Wildman–Crippen MR) is 84.4 cm³/mol. The Kier molecular flexibility index (Phi) is 5.61. The molecule has 8 heteroatoms. The molecule has 1 aliphatic rings. The van der Waals surface area contributed by atoms with Crippen LogP contribution in [0.4, 0.5) is 14.9 Å². The average molecular weight is 340 g/mol. The zero-order valence-corrected chi connectivity index (χ0v) is 13.7. The van der Waals surface area contributed by atoms with E-state index in [1.807, 2.05) is 0 Å². The number of esters is 1. The Labute approximate surface area is 139 Å². The van der Waals surface area contributed by atoms with E-state index >= 15 is 0 Å². The van der Waals surface area contributed by atoms with Gasteiger partial charge in [0.1, 0.15) is 0 Å². The summed E-state index contributed by atoms with van der Waals surface area (Å²) in [6.45, 7) is 2.48. The molecule has 1 aliphatic heterocycles. The van der Waals surface area contributed by atoms with Crippen LogP contribution in [0.5, 0.6) is 5.75 Å². The second-order valence-electron chi connectivity index (χ2n) is 5.52. The van der Waals surface area contributed by atoms with E-state index in [0.29, 0.717) is 12.3 Å². The van der Waals surface area contributed by atoms with Crippen LogP contribution in [-0.4, -0.2) is 54.4 Å². The van der Waals surface area contributed by atoms with Gasteiger partial charge in [-0.2, -0.15) is 0 Å². The molecule has 2 rings (SSSR count). The van der Waals surface area contributed by atoms with Crippen LogP contribution in [0.15, 0.2) is 18.2 Å². The minimum Gasteiger partial charge on any atom is -0.491 e. The van der Waals surface area contributed by atoms with Crippen molar-refractivity contribution in [2.24, 2.45) is 0 Å². The molecule has 2 N–H and O–H groups in total. The van der Waals surface area contributed by atoms with Gasteiger partial charge in [-0.1, -0.05) is 0 Å². The normalized spacial score (nSPS) is 16.4. The Hall–Kier alpha value is -2.35. The minimum absolute atomic E-state index is 0.0880. The quantitative estimate of drug-likeness (QED) is 0.816. The molecule has 1 aromatic carbocycles. The first-order valence-electron chi connectivity index (χ1n) is 7.68. The standard InChI is InChI=1S/C16H21FN2O5/c1-3-24-13-5-4-11(10-12(13)17)18-15(21)19-8-6-16(22,7-9-19)14(20)23-2/h4-5,10,22H,3,6-9H2,1-2H3,(H,18,21). The number of likely N-dealkylation sites (tertiary alicyclic amines) is 1. The number of methoxy groups -OCH3 is 1. The van der Waals surface area contributed by atoms with Crippen molar-refractivity contribution in [3.8, 4) is 5.75 Å². The maximum Gasteiger partial charge on any atom is 0.337 e.